The maximum Gasteiger partial charge on any atom is 0.269 e. The average molecular weight is 437 g/mol. The summed E-state index contributed by atoms with van der Waals surface area (Å²) < 4.78 is 0. The van der Waals surface area contributed by atoms with Crippen LogP contribution in [0.4, 0.5) is 11.4 Å². The third-order valence-corrected chi connectivity index (χ3v) is 5.98. The number of carbonyl (C=O) groups excluding carboxylic acids is 1. The molecule has 0 heterocycles. The van der Waals surface area contributed by atoms with E-state index in [1.807, 2.05) is 12.1 Å². The summed E-state index contributed by atoms with van der Waals surface area (Å²) in [6.07, 6.45) is 0. The van der Waals surface area contributed by atoms with Gasteiger partial charge in [-0.3, -0.25) is 14.9 Å². The van der Waals surface area contributed by atoms with Gasteiger partial charge < -0.3 is 5.73 Å². The van der Waals surface area contributed by atoms with E-state index < -0.39 is 4.92 Å². The van der Waals surface area contributed by atoms with E-state index in [2.05, 4.69) is 50.2 Å². The molecule has 0 bridgehead atoms. The first-order chi connectivity index (χ1) is 15.8. The minimum Gasteiger partial charge on any atom is -0.399 e. The topological polar surface area (TPSA) is 86.2 Å². The van der Waals surface area contributed by atoms with Crippen LogP contribution in [0.5, 0.6) is 0 Å². The Hall–Kier alpha value is -4.25. The molecule has 0 spiro atoms. The third-order valence-electron chi connectivity index (χ3n) is 5.98. The molecule has 0 aliphatic heterocycles. The molecule has 1 aliphatic rings. The van der Waals surface area contributed by atoms with Crippen LogP contribution in [0.2, 0.25) is 0 Å². The van der Waals surface area contributed by atoms with E-state index in [0.717, 1.165) is 5.69 Å². The Morgan fingerprint density at radius 2 is 1.33 bits per heavy atom. The number of hydrogen-bond donors (Lipinski definition) is 1. The van der Waals surface area contributed by atoms with Crippen LogP contribution in [0.3, 0.4) is 0 Å². The molecule has 5 rings (SSSR count). The van der Waals surface area contributed by atoms with Gasteiger partial charge in [0.1, 0.15) is 0 Å². The second-order valence-electron chi connectivity index (χ2n) is 8.47. The lowest BCUT2D eigenvalue weighted by Crippen LogP contribution is -2.15. The minimum atomic E-state index is -0.489. The molecule has 2 N–H and O–H groups in total. The highest BCUT2D eigenvalue weighted by molar-refractivity contribution is 6.09. The van der Waals surface area contributed by atoms with Crippen LogP contribution < -0.4 is 5.73 Å². The van der Waals surface area contributed by atoms with Crippen LogP contribution in [0, 0.1) is 10.1 Å². The van der Waals surface area contributed by atoms with Crippen molar-refractivity contribution in [2.75, 3.05) is 5.73 Å². The Morgan fingerprint density at radius 3 is 2.00 bits per heavy atom. The van der Waals surface area contributed by atoms with Gasteiger partial charge in [-0.25, -0.2) is 0 Å². The summed E-state index contributed by atoms with van der Waals surface area (Å²) in [4.78, 5) is 21.9. The number of nitrogens with zero attached hydrogens (tertiary/aromatic N) is 1. The number of rotatable bonds is 3. The lowest BCUT2D eigenvalue weighted by Gasteiger charge is -2.21. The molecule has 4 aromatic carbocycles. The molecule has 1 aliphatic carbocycles. The number of non-ortho nitro benzene ring substituents is 1. The van der Waals surface area contributed by atoms with Crippen LogP contribution >= 0.6 is 0 Å². The zero-order valence-corrected chi connectivity index (χ0v) is 18.5. The number of carbonyl (C=O) groups is 1. The number of hydrogen-bond acceptors (Lipinski definition) is 4. The monoisotopic (exact) mass is 436 g/mol. The molecule has 5 heteroatoms. The molecule has 0 fully saturated rings. The number of nitrogens with two attached hydrogens (primary N) is 1. The molecule has 0 atom stereocenters. The van der Waals surface area contributed by atoms with Gasteiger partial charge in [0.25, 0.3) is 5.69 Å². The molecule has 164 valence electrons. The van der Waals surface area contributed by atoms with Crippen LogP contribution in [0.25, 0.3) is 11.1 Å². The van der Waals surface area contributed by atoms with Crippen molar-refractivity contribution in [1.82, 2.24) is 0 Å². The Labute approximate surface area is 192 Å². The van der Waals surface area contributed by atoms with Crippen LogP contribution in [0.15, 0.2) is 97.1 Å². The SMILES string of the molecule is CC1(C)c2ccccc2-c2ccc(N)cc21.O=C(c1ccccc1)c1ccc([N+](=O)[O-])cc1. The highest BCUT2D eigenvalue weighted by Gasteiger charge is 2.34. The Balaban J connectivity index is 0.000000157. The molecular formula is C28H24N2O3. The van der Waals surface area contributed by atoms with Gasteiger partial charge >= 0.3 is 0 Å². The molecular weight excluding hydrogens is 412 g/mol. The van der Waals surface area contributed by atoms with Crippen LogP contribution in [-0.2, 0) is 5.41 Å². The van der Waals surface area contributed by atoms with Crippen LogP contribution in [0.1, 0.15) is 40.9 Å². The summed E-state index contributed by atoms with van der Waals surface area (Å²) in [7, 11) is 0. The fraction of sp³-hybridized carbons (Fsp3) is 0.107. The van der Waals surface area contributed by atoms with Crippen molar-refractivity contribution >= 4 is 17.2 Å². The third kappa shape index (κ3) is 4.26. The smallest absolute Gasteiger partial charge is 0.269 e. The average Bonchev–Trinajstić information content (AvgIpc) is 3.06. The quantitative estimate of drug-likeness (QED) is 0.174. The molecule has 0 saturated heterocycles. The van der Waals surface area contributed by atoms with Crippen molar-refractivity contribution < 1.29 is 9.72 Å². The molecule has 5 nitrogen and oxygen atoms in total. The first kappa shape index (κ1) is 22.0. The lowest BCUT2D eigenvalue weighted by molar-refractivity contribution is -0.384. The van der Waals surface area contributed by atoms with Crippen LogP contribution in [-0.4, -0.2) is 10.7 Å². The Kier molecular flexibility index (Phi) is 5.80. The highest BCUT2D eigenvalue weighted by atomic mass is 16.6. The van der Waals surface area contributed by atoms with E-state index in [-0.39, 0.29) is 16.9 Å². The van der Waals surface area contributed by atoms with Gasteiger partial charge in [-0.05, 0) is 46.5 Å². The van der Waals surface area contributed by atoms with Crippen molar-refractivity contribution in [2.24, 2.45) is 0 Å². The summed E-state index contributed by atoms with van der Waals surface area (Å²) in [5, 5.41) is 10.5. The number of fused-ring (bicyclic) bond motifs is 3. The standard InChI is InChI=1S/C15H15N.C13H9NO3/c1-15(2)13-6-4-3-5-11(13)12-8-7-10(16)9-14(12)15;15-13(10-4-2-1-3-5-10)11-6-8-12(9-7-11)14(16)17/h3-9H,16H2,1-2H3;1-9H. The van der Waals surface area contributed by atoms with E-state index in [1.165, 1.54) is 46.5 Å². The van der Waals surface area contributed by atoms with E-state index >= 15 is 0 Å². The number of nitro benzene ring substituents is 1. The molecule has 0 aromatic heterocycles. The normalized spacial score (nSPS) is 12.7. The Bertz CT molecular complexity index is 1330. The highest BCUT2D eigenvalue weighted by Crippen LogP contribution is 2.48. The van der Waals surface area contributed by atoms with E-state index in [4.69, 9.17) is 5.73 Å². The summed E-state index contributed by atoms with van der Waals surface area (Å²) in [6, 6.07) is 29.2. The molecule has 0 radical (unpaired) electrons. The van der Waals surface area contributed by atoms with Gasteiger partial charge in [0.15, 0.2) is 5.78 Å². The lowest BCUT2D eigenvalue weighted by atomic mass is 9.82. The minimum absolute atomic E-state index is 0.0189. The Morgan fingerprint density at radius 1 is 0.758 bits per heavy atom. The number of nitrogen functional groups attached to an aromatic ring is 1. The number of benzene rings is 4. The fourth-order valence-electron chi connectivity index (χ4n) is 4.21. The number of anilines is 1. The predicted molar refractivity (Wildman–Crippen MR) is 131 cm³/mol. The second kappa shape index (κ2) is 8.71. The zero-order valence-electron chi connectivity index (χ0n) is 18.5. The summed E-state index contributed by atoms with van der Waals surface area (Å²) in [5.74, 6) is -0.138. The second-order valence-corrected chi connectivity index (χ2v) is 8.47. The molecule has 0 unspecified atom stereocenters. The fourth-order valence-corrected chi connectivity index (χ4v) is 4.21. The van der Waals surface area contributed by atoms with Gasteiger partial charge in [0.05, 0.1) is 4.92 Å². The summed E-state index contributed by atoms with van der Waals surface area (Å²) in [5.41, 5.74) is 13.2. The largest absolute Gasteiger partial charge is 0.399 e. The van der Waals surface area contributed by atoms with Gasteiger partial charge in [-0.2, -0.15) is 0 Å². The summed E-state index contributed by atoms with van der Waals surface area (Å²) >= 11 is 0. The predicted octanol–water partition coefficient (Wildman–Crippen LogP) is 6.40. The van der Waals surface area contributed by atoms with E-state index in [0.29, 0.717) is 11.1 Å². The van der Waals surface area contributed by atoms with Gasteiger partial charge in [-0.1, -0.05) is 74.5 Å². The maximum atomic E-state index is 12.0. The van der Waals surface area contributed by atoms with Gasteiger partial charge in [0, 0.05) is 34.4 Å². The van der Waals surface area contributed by atoms with Crippen molar-refractivity contribution in [3.8, 4) is 11.1 Å². The zero-order chi connectivity index (χ0) is 23.6. The van der Waals surface area contributed by atoms with Gasteiger partial charge in [-0.15, -0.1) is 0 Å². The van der Waals surface area contributed by atoms with Crippen molar-refractivity contribution in [3.63, 3.8) is 0 Å². The molecule has 33 heavy (non-hydrogen) atoms. The first-order valence-corrected chi connectivity index (χ1v) is 10.6. The van der Waals surface area contributed by atoms with Crippen molar-refractivity contribution in [2.45, 2.75) is 19.3 Å². The van der Waals surface area contributed by atoms with E-state index in [9.17, 15) is 14.9 Å². The first-order valence-electron chi connectivity index (χ1n) is 10.6. The van der Waals surface area contributed by atoms with Crippen molar-refractivity contribution in [3.05, 3.63) is 129 Å². The van der Waals surface area contributed by atoms with Gasteiger partial charge in [0.2, 0.25) is 0 Å². The molecule has 0 saturated carbocycles. The van der Waals surface area contributed by atoms with Crippen molar-refractivity contribution in [1.29, 1.82) is 0 Å². The summed E-state index contributed by atoms with van der Waals surface area (Å²) in [6.45, 7) is 4.52. The number of ketones is 1. The molecule has 4 aromatic rings. The number of nitro groups is 1. The van der Waals surface area contributed by atoms with E-state index in [1.54, 1.807) is 24.3 Å². The maximum absolute atomic E-state index is 12.0. The molecule has 0 amide bonds.